The summed E-state index contributed by atoms with van der Waals surface area (Å²) < 4.78 is 13.1. The molecule has 0 aliphatic carbocycles. The van der Waals surface area contributed by atoms with Crippen molar-refractivity contribution in [1.29, 1.82) is 0 Å². The van der Waals surface area contributed by atoms with Crippen LogP contribution in [0.5, 0.6) is 0 Å². The van der Waals surface area contributed by atoms with Crippen LogP contribution < -0.4 is 4.90 Å². The third-order valence-electron chi connectivity index (χ3n) is 3.90. The molecule has 1 fully saturated rings. The molecule has 1 atom stereocenters. The van der Waals surface area contributed by atoms with Gasteiger partial charge < -0.3 is 5.11 Å². The van der Waals surface area contributed by atoms with Gasteiger partial charge in [-0.3, -0.25) is 14.5 Å². The number of anilines is 1. The van der Waals surface area contributed by atoms with Crippen LogP contribution in [-0.4, -0.2) is 22.7 Å². The lowest BCUT2D eigenvalue weighted by molar-refractivity contribution is -0.136. The topological polar surface area (TPSA) is 57.6 Å². The third-order valence-corrected chi connectivity index (χ3v) is 5.11. The van der Waals surface area contributed by atoms with Gasteiger partial charge in [0.2, 0.25) is 5.91 Å². The lowest BCUT2D eigenvalue weighted by Gasteiger charge is -2.26. The standard InChI is InChI=1S/C18H16FNO3S/c1-11-8-12(9-17(22)23)2-7-15(11)20-16(21)10-24-18(20)13-3-5-14(19)6-4-13/h2-8,18H,9-10H2,1H3,(H,22,23). The average Bonchev–Trinajstić information content (AvgIpc) is 2.89. The van der Waals surface area contributed by atoms with E-state index >= 15 is 0 Å². The summed E-state index contributed by atoms with van der Waals surface area (Å²) in [6.07, 6.45) is -0.0504. The molecule has 124 valence electrons. The van der Waals surface area contributed by atoms with Crippen molar-refractivity contribution in [3.8, 4) is 0 Å². The molecule has 1 saturated heterocycles. The summed E-state index contributed by atoms with van der Waals surface area (Å²) in [5.74, 6) is -0.852. The zero-order valence-corrected chi connectivity index (χ0v) is 13.8. The Bertz CT molecular complexity index is 791. The van der Waals surface area contributed by atoms with E-state index in [1.165, 1.54) is 23.9 Å². The van der Waals surface area contributed by atoms with Crippen molar-refractivity contribution < 1.29 is 19.1 Å². The number of carboxylic acids is 1. The Kier molecular flexibility index (Phi) is 4.57. The van der Waals surface area contributed by atoms with E-state index in [9.17, 15) is 14.0 Å². The predicted octanol–water partition coefficient (Wildman–Crippen LogP) is 3.54. The van der Waals surface area contributed by atoms with Crippen LogP contribution in [0.25, 0.3) is 0 Å². The summed E-state index contributed by atoms with van der Waals surface area (Å²) in [7, 11) is 0. The Hall–Kier alpha value is -2.34. The number of hydrogen-bond acceptors (Lipinski definition) is 3. The Morgan fingerprint density at radius 3 is 2.62 bits per heavy atom. The van der Waals surface area contributed by atoms with E-state index in [0.717, 1.165) is 16.8 Å². The smallest absolute Gasteiger partial charge is 0.307 e. The van der Waals surface area contributed by atoms with Crippen molar-refractivity contribution >= 4 is 29.3 Å². The van der Waals surface area contributed by atoms with Crippen molar-refractivity contribution in [2.24, 2.45) is 0 Å². The minimum Gasteiger partial charge on any atom is -0.481 e. The van der Waals surface area contributed by atoms with Gasteiger partial charge in [0.15, 0.2) is 0 Å². The van der Waals surface area contributed by atoms with Crippen LogP contribution in [0.15, 0.2) is 42.5 Å². The molecule has 1 amide bonds. The molecule has 0 bridgehead atoms. The maximum atomic E-state index is 13.1. The molecule has 2 aromatic rings. The highest BCUT2D eigenvalue weighted by Crippen LogP contribution is 2.42. The maximum absolute atomic E-state index is 13.1. The molecular weight excluding hydrogens is 329 g/mol. The second kappa shape index (κ2) is 6.65. The number of nitrogens with zero attached hydrogens (tertiary/aromatic N) is 1. The van der Waals surface area contributed by atoms with Gasteiger partial charge in [-0.15, -0.1) is 11.8 Å². The number of carbonyl (C=O) groups excluding carboxylic acids is 1. The molecule has 1 unspecified atom stereocenters. The van der Waals surface area contributed by atoms with E-state index in [2.05, 4.69) is 0 Å². The Balaban J connectivity index is 1.94. The summed E-state index contributed by atoms with van der Waals surface area (Å²) in [6, 6.07) is 11.5. The first kappa shape index (κ1) is 16.5. The van der Waals surface area contributed by atoms with Gasteiger partial charge in [-0.25, -0.2) is 4.39 Å². The van der Waals surface area contributed by atoms with E-state index in [1.54, 1.807) is 35.2 Å². The molecule has 0 radical (unpaired) electrons. The van der Waals surface area contributed by atoms with Gasteiger partial charge in [-0.1, -0.05) is 24.3 Å². The fourth-order valence-electron chi connectivity index (χ4n) is 2.83. The van der Waals surface area contributed by atoms with Crippen LogP contribution in [0.2, 0.25) is 0 Å². The lowest BCUT2D eigenvalue weighted by Crippen LogP contribution is -2.28. The molecule has 1 aliphatic rings. The van der Waals surface area contributed by atoms with Crippen LogP contribution >= 0.6 is 11.8 Å². The van der Waals surface area contributed by atoms with Crippen molar-refractivity contribution in [3.05, 3.63) is 65.0 Å². The predicted molar refractivity (Wildman–Crippen MR) is 91.6 cm³/mol. The molecule has 1 aliphatic heterocycles. The third kappa shape index (κ3) is 3.28. The van der Waals surface area contributed by atoms with Crippen LogP contribution in [0, 0.1) is 12.7 Å². The number of aryl methyl sites for hydroxylation is 1. The highest BCUT2D eigenvalue weighted by atomic mass is 32.2. The number of aliphatic carboxylic acids is 1. The minimum atomic E-state index is -0.890. The number of amides is 1. The highest BCUT2D eigenvalue weighted by molar-refractivity contribution is 8.00. The van der Waals surface area contributed by atoms with Crippen LogP contribution in [0.4, 0.5) is 10.1 Å². The Morgan fingerprint density at radius 1 is 1.29 bits per heavy atom. The zero-order valence-electron chi connectivity index (χ0n) is 13.0. The van der Waals surface area contributed by atoms with Crippen LogP contribution in [0.3, 0.4) is 0 Å². The van der Waals surface area contributed by atoms with E-state index in [0.29, 0.717) is 11.3 Å². The maximum Gasteiger partial charge on any atom is 0.307 e. The van der Waals surface area contributed by atoms with E-state index in [-0.39, 0.29) is 23.5 Å². The first-order valence-electron chi connectivity index (χ1n) is 7.46. The molecule has 24 heavy (non-hydrogen) atoms. The molecule has 0 saturated carbocycles. The zero-order chi connectivity index (χ0) is 17.3. The number of carboxylic acid groups (broad SMARTS) is 1. The Morgan fingerprint density at radius 2 is 2.00 bits per heavy atom. The van der Waals surface area contributed by atoms with Gasteiger partial charge in [0.1, 0.15) is 11.2 Å². The molecule has 2 aromatic carbocycles. The van der Waals surface area contributed by atoms with Gasteiger partial charge in [-0.05, 0) is 41.8 Å². The second-order valence-electron chi connectivity index (χ2n) is 5.67. The quantitative estimate of drug-likeness (QED) is 0.921. The molecule has 1 N–H and O–H groups in total. The van der Waals surface area contributed by atoms with Crippen molar-refractivity contribution in [3.63, 3.8) is 0 Å². The number of rotatable bonds is 4. The average molecular weight is 345 g/mol. The fraction of sp³-hybridized carbons (Fsp3) is 0.222. The van der Waals surface area contributed by atoms with Crippen LogP contribution in [0.1, 0.15) is 22.1 Å². The molecule has 0 aromatic heterocycles. The number of benzene rings is 2. The Labute approximate surface area is 143 Å². The van der Waals surface area contributed by atoms with Gasteiger partial charge in [-0.2, -0.15) is 0 Å². The van der Waals surface area contributed by atoms with E-state index in [4.69, 9.17) is 5.11 Å². The first-order chi connectivity index (χ1) is 11.5. The first-order valence-corrected chi connectivity index (χ1v) is 8.51. The molecule has 4 nitrogen and oxygen atoms in total. The summed E-state index contributed by atoms with van der Waals surface area (Å²) in [5.41, 5.74) is 3.16. The van der Waals surface area contributed by atoms with Gasteiger partial charge >= 0.3 is 5.97 Å². The number of halogens is 1. The van der Waals surface area contributed by atoms with E-state index < -0.39 is 5.97 Å². The normalized spacial score (nSPS) is 17.3. The fourth-order valence-corrected chi connectivity index (χ4v) is 4.00. The molecule has 1 heterocycles. The molecular formula is C18H16FNO3S. The minimum absolute atomic E-state index is 0.0107. The summed E-state index contributed by atoms with van der Waals surface area (Å²) in [5, 5.41) is 8.69. The monoisotopic (exact) mass is 345 g/mol. The van der Waals surface area contributed by atoms with Crippen molar-refractivity contribution in [2.75, 3.05) is 10.7 Å². The summed E-state index contributed by atoms with van der Waals surface area (Å²) >= 11 is 1.50. The van der Waals surface area contributed by atoms with Crippen molar-refractivity contribution in [1.82, 2.24) is 0 Å². The van der Waals surface area contributed by atoms with Gasteiger partial charge in [0.05, 0.1) is 12.2 Å². The number of thioether (sulfide) groups is 1. The highest BCUT2D eigenvalue weighted by Gasteiger charge is 2.34. The van der Waals surface area contributed by atoms with Crippen molar-refractivity contribution in [2.45, 2.75) is 18.7 Å². The SMILES string of the molecule is Cc1cc(CC(=O)O)ccc1N1C(=O)CSC1c1ccc(F)cc1. The largest absolute Gasteiger partial charge is 0.481 e. The molecule has 3 rings (SSSR count). The lowest BCUT2D eigenvalue weighted by atomic mass is 10.1. The number of carbonyl (C=O) groups is 2. The number of hydrogen-bond donors (Lipinski definition) is 1. The molecule has 0 spiro atoms. The summed E-state index contributed by atoms with van der Waals surface area (Å²) in [6.45, 7) is 1.86. The van der Waals surface area contributed by atoms with E-state index in [1.807, 2.05) is 6.92 Å². The van der Waals surface area contributed by atoms with Crippen LogP contribution in [-0.2, 0) is 16.0 Å². The van der Waals surface area contributed by atoms with Gasteiger partial charge in [0.25, 0.3) is 0 Å². The summed E-state index contributed by atoms with van der Waals surface area (Å²) in [4.78, 5) is 24.9. The molecule has 6 heteroatoms. The van der Waals surface area contributed by atoms with Gasteiger partial charge in [0, 0.05) is 5.69 Å². The second-order valence-corrected chi connectivity index (χ2v) is 6.74.